The van der Waals surface area contributed by atoms with Gasteiger partial charge in [-0.25, -0.2) is 0 Å². The van der Waals surface area contributed by atoms with Gasteiger partial charge in [0.05, 0.1) is 24.7 Å². The molecule has 1 unspecified atom stereocenters. The van der Waals surface area contributed by atoms with Gasteiger partial charge in [-0.05, 0) is 6.42 Å². The molecular weight excluding hydrogens is 232 g/mol. The molecule has 0 aromatic carbocycles. The molecule has 0 spiro atoms. The highest BCUT2D eigenvalue weighted by Gasteiger charge is 2.25. The highest BCUT2D eigenvalue weighted by molar-refractivity contribution is 5.87. The molecule has 2 N–H and O–H groups in total. The molecule has 1 fully saturated rings. The van der Waals surface area contributed by atoms with Crippen molar-refractivity contribution < 1.29 is 10.0 Å². The summed E-state index contributed by atoms with van der Waals surface area (Å²) >= 11 is 0. The van der Waals surface area contributed by atoms with Crippen LogP contribution in [0.15, 0.2) is 5.16 Å². The molecule has 0 radical (unpaired) electrons. The third kappa shape index (κ3) is 4.34. The predicted octanol–water partition coefficient (Wildman–Crippen LogP) is 0.578. The van der Waals surface area contributed by atoms with Gasteiger partial charge in [0.25, 0.3) is 0 Å². The van der Waals surface area contributed by atoms with Crippen LogP contribution in [0.25, 0.3) is 0 Å². The van der Waals surface area contributed by atoms with Crippen LogP contribution in [-0.4, -0.2) is 47.9 Å². The molecule has 0 aliphatic carbocycles. The van der Waals surface area contributed by atoms with Crippen LogP contribution in [0.2, 0.25) is 0 Å². The van der Waals surface area contributed by atoms with Gasteiger partial charge in [0.2, 0.25) is 5.91 Å². The van der Waals surface area contributed by atoms with E-state index < -0.39 is 0 Å². The quantitative estimate of drug-likeness (QED) is 0.425. The van der Waals surface area contributed by atoms with Crippen LogP contribution in [0, 0.1) is 17.2 Å². The Balaban J connectivity index is 2.36. The Bertz CT molecular complexity index is 348. The lowest BCUT2D eigenvalue weighted by Gasteiger charge is -2.32. The minimum Gasteiger partial charge on any atom is -0.411 e. The normalized spacial score (nSPS) is 22.7. The average molecular weight is 252 g/mol. The van der Waals surface area contributed by atoms with Gasteiger partial charge in [0.1, 0.15) is 0 Å². The van der Waals surface area contributed by atoms with E-state index in [0.29, 0.717) is 25.9 Å². The number of nitriles is 1. The summed E-state index contributed by atoms with van der Waals surface area (Å²) in [5, 5.41) is 23.3. The predicted molar refractivity (Wildman–Crippen MR) is 67.3 cm³/mol. The summed E-state index contributed by atoms with van der Waals surface area (Å²) in [6, 6.07) is 1.98. The summed E-state index contributed by atoms with van der Waals surface area (Å²) in [5.41, 5.74) is 0.832. The van der Waals surface area contributed by atoms with Crippen molar-refractivity contribution in [2.75, 3.05) is 26.2 Å². The molecule has 18 heavy (non-hydrogen) atoms. The van der Waals surface area contributed by atoms with E-state index in [-0.39, 0.29) is 11.8 Å². The van der Waals surface area contributed by atoms with E-state index >= 15 is 0 Å². The van der Waals surface area contributed by atoms with E-state index in [4.69, 9.17) is 10.5 Å². The first-order valence-electron chi connectivity index (χ1n) is 6.28. The Morgan fingerprint density at radius 2 is 2.50 bits per heavy atom. The van der Waals surface area contributed by atoms with Crippen molar-refractivity contribution in [3.8, 4) is 6.07 Å². The second-order valence-corrected chi connectivity index (χ2v) is 4.44. The molecule has 1 aliphatic rings. The van der Waals surface area contributed by atoms with Crippen LogP contribution >= 0.6 is 0 Å². The van der Waals surface area contributed by atoms with Crippen molar-refractivity contribution in [2.45, 2.75) is 26.2 Å². The molecule has 1 atom stereocenters. The van der Waals surface area contributed by atoms with Crippen LogP contribution < -0.4 is 5.32 Å². The number of piperidine rings is 1. The molecule has 1 aliphatic heterocycles. The van der Waals surface area contributed by atoms with E-state index in [2.05, 4.69) is 15.4 Å². The van der Waals surface area contributed by atoms with Crippen LogP contribution in [0.3, 0.4) is 0 Å². The van der Waals surface area contributed by atoms with Gasteiger partial charge >= 0.3 is 0 Å². The summed E-state index contributed by atoms with van der Waals surface area (Å²) < 4.78 is 0. The summed E-state index contributed by atoms with van der Waals surface area (Å²) in [4.78, 5) is 13.7. The summed E-state index contributed by atoms with van der Waals surface area (Å²) in [6.07, 6.45) is 1.96. The van der Waals surface area contributed by atoms with Crippen LogP contribution in [0.4, 0.5) is 0 Å². The number of nitrogens with one attached hydrogen (secondary N) is 1. The summed E-state index contributed by atoms with van der Waals surface area (Å²) in [5.74, 6) is 0.181. The van der Waals surface area contributed by atoms with Crippen molar-refractivity contribution in [2.24, 2.45) is 11.1 Å². The van der Waals surface area contributed by atoms with Crippen molar-refractivity contribution in [1.29, 1.82) is 5.26 Å². The molecular formula is C12H20N4O2. The fraction of sp³-hybridized carbons (Fsp3) is 0.750. The van der Waals surface area contributed by atoms with Gasteiger partial charge in [-0.15, -0.1) is 0 Å². The van der Waals surface area contributed by atoms with Crippen LogP contribution in [0.5, 0.6) is 0 Å². The lowest BCUT2D eigenvalue weighted by molar-refractivity contribution is -0.122. The number of likely N-dealkylation sites (tertiary alicyclic amines) is 1. The maximum Gasteiger partial charge on any atom is 0.234 e. The van der Waals surface area contributed by atoms with E-state index in [1.54, 1.807) is 0 Å². The van der Waals surface area contributed by atoms with Crippen LogP contribution in [0.1, 0.15) is 26.2 Å². The topological polar surface area (TPSA) is 88.7 Å². The van der Waals surface area contributed by atoms with Gasteiger partial charge < -0.3 is 10.5 Å². The smallest absolute Gasteiger partial charge is 0.234 e. The third-order valence-corrected chi connectivity index (χ3v) is 3.18. The largest absolute Gasteiger partial charge is 0.411 e. The number of carbonyl (C=O) groups is 1. The first-order valence-corrected chi connectivity index (χ1v) is 6.28. The molecule has 0 aromatic heterocycles. The second kappa shape index (κ2) is 7.67. The van der Waals surface area contributed by atoms with Crippen molar-refractivity contribution in [3.05, 3.63) is 0 Å². The highest BCUT2D eigenvalue weighted by Crippen LogP contribution is 2.16. The first kappa shape index (κ1) is 14.5. The Labute approximate surface area is 107 Å². The maximum atomic E-state index is 11.6. The molecule has 1 amide bonds. The average Bonchev–Trinajstić information content (AvgIpc) is 2.39. The monoisotopic (exact) mass is 252 g/mol. The van der Waals surface area contributed by atoms with E-state index in [1.807, 2.05) is 13.0 Å². The lowest BCUT2D eigenvalue weighted by Crippen LogP contribution is -2.45. The third-order valence-electron chi connectivity index (χ3n) is 3.18. The SMILES string of the molecule is CCC1CN(CC(=O)NCCC#N)CCC1=NO. The Hall–Kier alpha value is -1.61. The number of carbonyl (C=O) groups excluding carboxylic acids is 1. The van der Waals surface area contributed by atoms with Gasteiger partial charge in [0, 0.05) is 32.0 Å². The van der Waals surface area contributed by atoms with Crippen molar-refractivity contribution in [3.63, 3.8) is 0 Å². The standard InChI is InChI=1S/C12H20N4O2/c1-2-10-8-16(7-4-11(10)15-18)9-12(17)14-6-3-5-13/h10,18H,2-4,6-9H2,1H3,(H,14,17). The molecule has 0 bridgehead atoms. The number of nitrogens with zero attached hydrogens (tertiary/aromatic N) is 3. The second-order valence-electron chi connectivity index (χ2n) is 4.44. The molecule has 6 nitrogen and oxygen atoms in total. The van der Waals surface area contributed by atoms with E-state index in [1.165, 1.54) is 0 Å². The Kier molecular flexibility index (Phi) is 6.15. The fourth-order valence-corrected chi connectivity index (χ4v) is 2.14. The van der Waals surface area contributed by atoms with E-state index in [9.17, 15) is 4.79 Å². The summed E-state index contributed by atoms with van der Waals surface area (Å²) in [7, 11) is 0. The van der Waals surface area contributed by atoms with Crippen molar-refractivity contribution >= 4 is 11.6 Å². The molecule has 100 valence electrons. The molecule has 1 heterocycles. The molecule has 1 saturated heterocycles. The number of hydrogen-bond acceptors (Lipinski definition) is 5. The molecule has 0 aromatic rings. The van der Waals surface area contributed by atoms with Crippen LogP contribution in [-0.2, 0) is 4.79 Å². The van der Waals surface area contributed by atoms with Gasteiger partial charge in [-0.2, -0.15) is 5.26 Å². The van der Waals surface area contributed by atoms with E-state index in [0.717, 1.165) is 25.2 Å². The zero-order valence-electron chi connectivity index (χ0n) is 10.7. The lowest BCUT2D eigenvalue weighted by atomic mass is 9.93. The maximum absolute atomic E-state index is 11.6. The zero-order valence-corrected chi connectivity index (χ0v) is 10.7. The molecule has 6 heteroatoms. The number of rotatable bonds is 5. The first-order chi connectivity index (χ1) is 8.71. The number of oxime groups is 1. The van der Waals surface area contributed by atoms with Gasteiger partial charge in [0.15, 0.2) is 0 Å². The number of hydrogen-bond donors (Lipinski definition) is 2. The highest BCUT2D eigenvalue weighted by atomic mass is 16.4. The molecule has 0 saturated carbocycles. The minimum atomic E-state index is -0.0514. The fourth-order valence-electron chi connectivity index (χ4n) is 2.14. The minimum absolute atomic E-state index is 0.0514. The van der Waals surface area contributed by atoms with Gasteiger partial charge in [-0.1, -0.05) is 12.1 Å². The zero-order chi connectivity index (χ0) is 13.4. The Morgan fingerprint density at radius 3 is 3.11 bits per heavy atom. The number of amides is 1. The Morgan fingerprint density at radius 1 is 1.72 bits per heavy atom. The molecule has 1 rings (SSSR count). The van der Waals surface area contributed by atoms with Crippen molar-refractivity contribution in [1.82, 2.24) is 10.2 Å². The summed E-state index contributed by atoms with van der Waals surface area (Å²) in [6.45, 7) is 4.29. The van der Waals surface area contributed by atoms with Gasteiger partial charge in [-0.3, -0.25) is 9.69 Å².